The quantitative estimate of drug-likeness (QED) is 0.371. The summed E-state index contributed by atoms with van der Waals surface area (Å²) in [6.07, 6.45) is 1.44. The number of nitrogens with two attached hydrogens (primary N) is 2. The van der Waals surface area contributed by atoms with Crippen molar-refractivity contribution in [3.8, 4) is 17.2 Å². The van der Waals surface area contributed by atoms with E-state index in [1.807, 2.05) is 24.3 Å². The van der Waals surface area contributed by atoms with Crippen LogP contribution in [0, 0.1) is 11.3 Å². The molecule has 4 aromatic rings. The zero-order valence-corrected chi connectivity index (χ0v) is 18.9. The number of nitrogens with one attached hydrogen (secondary N) is 1. The number of rotatable bonds is 4. The molecule has 3 heterocycles. The Morgan fingerprint density at radius 1 is 1.19 bits per heavy atom. The smallest absolute Gasteiger partial charge is 0.269 e. The van der Waals surface area contributed by atoms with Crippen LogP contribution in [0.1, 0.15) is 40.6 Å². The number of nitrogens with zero attached hydrogens (tertiary/aromatic N) is 3. The maximum atomic E-state index is 12.9. The Morgan fingerprint density at radius 2 is 1.91 bits per heavy atom. The topological polar surface area (TPSA) is 131 Å². The molecule has 0 spiro atoms. The second-order valence-corrected chi connectivity index (χ2v) is 8.91. The van der Waals surface area contributed by atoms with Crippen molar-refractivity contribution in [2.24, 2.45) is 0 Å². The minimum atomic E-state index is -0.432. The number of hydrogen-bond donors (Lipinski definition) is 3. The van der Waals surface area contributed by atoms with Gasteiger partial charge in [0.2, 0.25) is 0 Å². The molecular formula is C23H19ClN6OS. The van der Waals surface area contributed by atoms with E-state index in [-0.39, 0.29) is 21.9 Å². The molecule has 1 amide bonds. The van der Waals surface area contributed by atoms with Gasteiger partial charge < -0.3 is 16.8 Å². The highest BCUT2D eigenvalue weighted by Crippen LogP contribution is 2.43. The summed E-state index contributed by atoms with van der Waals surface area (Å²) in [6, 6.07) is 13.2. The molecule has 7 nitrogen and oxygen atoms in total. The van der Waals surface area contributed by atoms with Crippen LogP contribution in [0.3, 0.4) is 0 Å². The molecule has 32 heavy (non-hydrogen) atoms. The van der Waals surface area contributed by atoms with Gasteiger partial charge in [-0.3, -0.25) is 4.79 Å². The van der Waals surface area contributed by atoms with Gasteiger partial charge >= 0.3 is 0 Å². The second kappa shape index (κ2) is 8.46. The molecule has 0 fully saturated rings. The van der Waals surface area contributed by atoms with E-state index in [2.05, 4.69) is 35.2 Å². The average Bonchev–Trinajstić information content (AvgIpc) is 3.10. The van der Waals surface area contributed by atoms with Crippen molar-refractivity contribution < 1.29 is 4.79 Å². The zero-order valence-electron chi connectivity index (χ0n) is 17.3. The van der Waals surface area contributed by atoms with E-state index < -0.39 is 5.91 Å². The van der Waals surface area contributed by atoms with E-state index >= 15 is 0 Å². The van der Waals surface area contributed by atoms with Crippen LogP contribution in [0.25, 0.3) is 21.3 Å². The van der Waals surface area contributed by atoms with Crippen LogP contribution in [-0.2, 0) is 0 Å². The minimum absolute atomic E-state index is 0.0931. The third kappa shape index (κ3) is 3.84. The summed E-state index contributed by atoms with van der Waals surface area (Å²) in [5.41, 5.74) is 15.5. The number of carbonyl (C=O) groups is 1. The Bertz CT molecular complexity index is 1370. The number of aromatic nitrogens is 2. The van der Waals surface area contributed by atoms with E-state index in [0.717, 1.165) is 16.9 Å². The Kier molecular flexibility index (Phi) is 5.70. The number of nitrogen functional groups attached to an aromatic ring is 2. The molecule has 0 atom stereocenters. The molecule has 4 rings (SSSR count). The molecule has 3 aromatic heterocycles. The van der Waals surface area contributed by atoms with Crippen molar-refractivity contribution >= 4 is 56.4 Å². The van der Waals surface area contributed by atoms with Gasteiger partial charge in [-0.15, -0.1) is 11.3 Å². The first-order chi connectivity index (χ1) is 15.3. The van der Waals surface area contributed by atoms with Crippen molar-refractivity contribution in [2.75, 3.05) is 16.8 Å². The summed E-state index contributed by atoms with van der Waals surface area (Å²) in [7, 11) is 0. The predicted molar refractivity (Wildman–Crippen MR) is 130 cm³/mol. The number of carbonyl (C=O) groups excluding carboxylic acids is 1. The minimum Gasteiger partial charge on any atom is -0.397 e. The fourth-order valence-electron chi connectivity index (χ4n) is 3.40. The standard InChI is InChI=1S/C23H19ClN6OS/c1-11(2)12-3-5-13(6-4-12)17-15(9-25)21(27)30-23-18(17)19(26)20(32-23)22(31)29-16-8-7-14(24)10-28-16/h3-8,10-11H,26H2,1-2H3,(H2,27,30)(H,28,29,31). The molecule has 0 aliphatic carbocycles. The van der Waals surface area contributed by atoms with Crippen molar-refractivity contribution in [1.82, 2.24) is 9.97 Å². The maximum Gasteiger partial charge on any atom is 0.269 e. The van der Waals surface area contributed by atoms with Crippen LogP contribution in [-0.4, -0.2) is 15.9 Å². The average molecular weight is 463 g/mol. The second-order valence-electron chi connectivity index (χ2n) is 7.48. The van der Waals surface area contributed by atoms with Crippen molar-refractivity contribution in [3.05, 3.63) is 63.6 Å². The van der Waals surface area contributed by atoms with Gasteiger partial charge in [0, 0.05) is 17.1 Å². The molecule has 1 aromatic carbocycles. The lowest BCUT2D eigenvalue weighted by atomic mass is 9.94. The number of hydrogen-bond acceptors (Lipinski definition) is 7. The number of benzene rings is 1. The molecule has 0 radical (unpaired) electrons. The van der Waals surface area contributed by atoms with Gasteiger partial charge in [0.15, 0.2) is 0 Å². The molecule has 0 saturated carbocycles. The largest absolute Gasteiger partial charge is 0.397 e. The highest BCUT2D eigenvalue weighted by atomic mass is 35.5. The molecular weight excluding hydrogens is 444 g/mol. The highest BCUT2D eigenvalue weighted by Gasteiger charge is 2.24. The lowest BCUT2D eigenvalue weighted by Crippen LogP contribution is -2.12. The molecule has 0 unspecified atom stereocenters. The molecule has 0 bridgehead atoms. The Labute approximate surface area is 193 Å². The molecule has 5 N–H and O–H groups in total. The first kappa shape index (κ1) is 21.6. The highest BCUT2D eigenvalue weighted by molar-refractivity contribution is 7.21. The SMILES string of the molecule is CC(C)c1ccc(-c2c(C#N)c(N)nc3sc(C(=O)Nc4ccc(Cl)cn4)c(N)c23)cc1. The van der Waals surface area contributed by atoms with Gasteiger partial charge in [-0.25, -0.2) is 9.97 Å². The van der Waals surface area contributed by atoms with Gasteiger partial charge in [0.25, 0.3) is 5.91 Å². The number of nitriles is 1. The van der Waals surface area contributed by atoms with Crippen LogP contribution < -0.4 is 16.8 Å². The van der Waals surface area contributed by atoms with Crippen LogP contribution in [0.5, 0.6) is 0 Å². The van der Waals surface area contributed by atoms with E-state index in [1.54, 1.807) is 12.1 Å². The number of thiophene rings is 1. The lowest BCUT2D eigenvalue weighted by molar-refractivity contribution is 0.103. The summed E-state index contributed by atoms with van der Waals surface area (Å²) < 4.78 is 0. The molecule has 0 aliphatic rings. The number of fused-ring (bicyclic) bond motifs is 1. The van der Waals surface area contributed by atoms with Crippen molar-refractivity contribution in [3.63, 3.8) is 0 Å². The summed E-state index contributed by atoms with van der Waals surface area (Å²) in [5.74, 6) is 0.366. The lowest BCUT2D eigenvalue weighted by Gasteiger charge is -2.11. The Morgan fingerprint density at radius 3 is 2.50 bits per heavy atom. The molecule has 9 heteroatoms. The van der Waals surface area contributed by atoms with Crippen LogP contribution in [0.15, 0.2) is 42.6 Å². The number of amides is 1. The number of halogens is 1. The van der Waals surface area contributed by atoms with E-state index in [4.69, 9.17) is 23.1 Å². The Balaban J connectivity index is 1.86. The van der Waals surface area contributed by atoms with Gasteiger partial charge in [-0.05, 0) is 29.2 Å². The van der Waals surface area contributed by atoms with Crippen LogP contribution >= 0.6 is 22.9 Å². The first-order valence-corrected chi connectivity index (χ1v) is 10.9. The fourth-order valence-corrected chi connectivity index (χ4v) is 4.52. The van der Waals surface area contributed by atoms with E-state index in [0.29, 0.717) is 32.5 Å². The number of pyridine rings is 2. The zero-order chi connectivity index (χ0) is 23.0. The van der Waals surface area contributed by atoms with Gasteiger partial charge in [0.05, 0.1) is 10.7 Å². The molecule has 160 valence electrons. The maximum absolute atomic E-state index is 12.9. The molecule has 0 saturated heterocycles. The third-order valence-electron chi connectivity index (χ3n) is 5.06. The molecule has 0 aliphatic heterocycles. The predicted octanol–water partition coefficient (Wildman–Crippen LogP) is 5.42. The first-order valence-electron chi connectivity index (χ1n) is 9.75. The summed E-state index contributed by atoms with van der Waals surface area (Å²) >= 11 is 6.96. The van der Waals surface area contributed by atoms with Crippen molar-refractivity contribution in [2.45, 2.75) is 19.8 Å². The Hall–Kier alpha value is -3.67. The van der Waals surface area contributed by atoms with Gasteiger partial charge in [-0.1, -0.05) is 49.7 Å². The van der Waals surface area contributed by atoms with Gasteiger partial charge in [-0.2, -0.15) is 5.26 Å². The van der Waals surface area contributed by atoms with Crippen LogP contribution in [0.2, 0.25) is 5.02 Å². The number of anilines is 3. The summed E-state index contributed by atoms with van der Waals surface area (Å²) in [4.78, 5) is 22.1. The van der Waals surface area contributed by atoms with E-state index in [9.17, 15) is 10.1 Å². The van der Waals surface area contributed by atoms with E-state index in [1.165, 1.54) is 11.8 Å². The third-order valence-corrected chi connectivity index (χ3v) is 6.38. The summed E-state index contributed by atoms with van der Waals surface area (Å²) in [5, 5.41) is 13.5. The monoisotopic (exact) mass is 462 g/mol. The normalized spacial score (nSPS) is 11.0. The fraction of sp³-hybridized carbons (Fsp3) is 0.130. The summed E-state index contributed by atoms with van der Waals surface area (Å²) in [6.45, 7) is 4.21. The van der Waals surface area contributed by atoms with Crippen molar-refractivity contribution in [1.29, 1.82) is 5.26 Å². The van der Waals surface area contributed by atoms with Crippen LogP contribution in [0.4, 0.5) is 17.3 Å². The van der Waals surface area contributed by atoms with Gasteiger partial charge in [0.1, 0.15) is 33.0 Å².